The van der Waals surface area contributed by atoms with Crippen LogP contribution in [0.5, 0.6) is 0 Å². The molecule has 1 aliphatic carbocycles. The second-order valence-electron chi connectivity index (χ2n) is 10.7. The van der Waals surface area contributed by atoms with E-state index in [1.165, 1.54) is 23.0 Å². The molecule has 0 saturated heterocycles. The number of halogens is 1. The first-order chi connectivity index (χ1) is 19.0. The molecule has 0 amide bonds. The van der Waals surface area contributed by atoms with E-state index in [0.29, 0.717) is 23.5 Å². The van der Waals surface area contributed by atoms with Crippen LogP contribution < -0.4 is 5.56 Å². The summed E-state index contributed by atoms with van der Waals surface area (Å²) >= 11 is 6.36. The standard InChI is InChI=1S/C30H23ClN6O2/c1-16-6-17-2-3-18(7-21(17)14-39-16)20-8-26(32-13-20)30-25-12-24(25)28-9-19(10-29(38)37(28)30)23-11-22(31)4-5-27(23)36-15-33-34-35-36/h2-5,7,9-11,13,15,24-25,30H,1,6,8,12,14H2. The first-order valence-electron chi connectivity index (χ1n) is 13.0. The molecule has 39 heavy (non-hydrogen) atoms. The quantitative estimate of drug-likeness (QED) is 0.356. The minimum Gasteiger partial charge on any atom is -0.494 e. The van der Waals surface area contributed by atoms with E-state index >= 15 is 0 Å². The highest BCUT2D eigenvalue weighted by atomic mass is 35.5. The molecule has 0 N–H and O–H groups in total. The molecule has 0 bridgehead atoms. The Kier molecular flexibility index (Phi) is 4.85. The zero-order valence-electron chi connectivity index (χ0n) is 20.9. The van der Waals surface area contributed by atoms with Gasteiger partial charge >= 0.3 is 0 Å². The third-order valence-electron chi connectivity index (χ3n) is 8.36. The first kappa shape index (κ1) is 22.7. The smallest absolute Gasteiger partial charge is 0.251 e. The van der Waals surface area contributed by atoms with Crippen LogP contribution in [0.1, 0.15) is 47.2 Å². The monoisotopic (exact) mass is 534 g/mol. The van der Waals surface area contributed by atoms with Crippen LogP contribution in [-0.2, 0) is 17.8 Å². The maximum atomic E-state index is 13.6. The number of aromatic nitrogens is 5. The molecule has 0 radical (unpaired) electrons. The van der Waals surface area contributed by atoms with Crippen molar-refractivity contribution in [3.63, 3.8) is 0 Å². The normalized spacial score (nSPS) is 22.5. The number of nitrogens with zero attached hydrogens (tertiary/aromatic N) is 6. The molecule has 8 nitrogen and oxygen atoms in total. The van der Waals surface area contributed by atoms with Gasteiger partial charge in [0.1, 0.15) is 12.9 Å². The van der Waals surface area contributed by atoms with Gasteiger partial charge < -0.3 is 9.30 Å². The fourth-order valence-electron chi connectivity index (χ4n) is 6.42. The number of pyridine rings is 1. The molecular formula is C30H23ClN6O2. The van der Waals surface area contributed by atoms with Gasteiger partial charge in [0.05, 0.1) is 17.5 Å². The lowest BCUT2D eigenvalue weighted by Gasteiger charge is -2.21. The van der Waals surface area contributed by atoms with Crippen molar-refractivity contribution in [1.29, 1.82) is 0 Å². The Balaban J connectivity index is 1.11. The Labute approximate surface area is 228 Å². The summed E-state index contributed by atoms with van der Waals surface area (Å²) in [7, 11) is 0. The van der Waals surface area contributed by atoms with Gasteiger partial charge in [0, 0.05) is 53.0 Å². The van der Waals surface area contributed by atoms with Gasteiger partial charge in [0.2, 0.25) is 0 Å². The number of hydrogen-bond acceptors (Lipinski definition) is 6. The Bertz CT molecular complexity index is 1820. The summed E-state index contributed by atoms with van der Waals surface area (Å²) < 4.78 is 9.22. The van der Waals surface area contributed by atoms with Crippen molar-refractivity contribution in [1.82, 2.24) is 24.8 Å². The van der Waals surface area contributed by atoms with Gasteiger partial charge in [0.25, 0.3) is 5.56 Å². The average Bonchev–Trinajstić information content (AvgIpc) is 3.28. The molecule has 0 spiro atoms. The van der Waals surface area contributed by atoms with Crippen molar-refractivity contribution < 1.29 is 4.74 Å². The van der Waals surface area contributed by atoms with E-state index in [4.69, 9.17) is 21.3 Å². The van der Waals surface area contributed by atoms with Crippen LogP contribution in [0.3, 0.4) is 0 Å². The molecular weight excluding hydrogens is 512 g/mol. The summed E-state index contributed by atoms with van der Waals surface area (Å²) in [5.74, 6) is 1.58. The summed E-state index contributed by atoms with van der Waals surface area (Å²) in [6.07, 6.45) is 6.08. The Morgan fingerprint density at radius 2 is 1.95 bits per heavy atom. The minimum atomic E-state index is -0.0235. The summed E-state index contributed by atoms with van der Waals surface area (Å²) in [6, 6.07) is 15.9. The summed E-state index contributed by atoms with van der Waals surface area (Å²) in [5.41, 5.74) is 9.32. The van der Waals surface area contributed by atoms with Crippen LogP contribution in [-0.4, -0.2) is 30.5 Å². The van der Waals surface area contributed by atoms with Crippen molar-refractivity contribution in [2.24, 2.45) is 10.9 Å². The van der Waals surface area contributed by atoms with Crippen molar-refractivity contribution in [3.05, 3.63) is 111 Å². The molecule has 2 aromatic heterocycles. The highest BCUT2D eigenvalue weighted by molar-refractivity contribution is 6.31. The molecule has 8 rings (SSSR count). The van der Waals surface area contributed by atoms with Gasteiger partial charge in [-0.05, 0) is 80.9 Å². The van der Waals surface area contributed by atoms with E-state index in [-0.39, 0.29) is 11.6 Å². The molecule has 2 aromatic carbocycles. The molecule has 3 unspecified atom stereocenters. The molecule has 1 saturated carbocycles. The number of tetrazole rings is 1. The highest BCUT2D eigenvalue weighted by Gasteiger charge is 2.54. The largest absolute Gasteiger partial charge is 0.494 e. The van der Waals surface area contributed by atoms with E-state index < -0.39 is 0 Å². The summed E-state index contributed by atoms with van der Waals surface area (Å²) in [5, 5.41) is 12.1. The number of allylic oxidation sites excluding steroid dienone is 2. The Morgan fingerprint density at radius 1 is 1.03 bits per heavy atom. The van der Waals surface area contributed by atoms with E-state index in [1.54, 1.807) is 16.8 Å². The molecule has 3 aliphatic heterocycles. The second kappa shape index (κ2) is 8.35. The number of fused-ring (bicyclic) bond motifs is 4. The van der Waals surface area contributed by atoms with Gasteiger partial charge in [-0.3, -0.25) is 9.79 Å². The van der Waals surface area contributed by atoms with Crippen molar-refractivity contribution in [2.45, 2.75) is 37.8 Å². The third-order valence-corrected chi connectivity index (χ3v) is 8.60. The molecule has 4 aliphatic rings. The summed E-state index contributed by atoms with van der Waals surface area (Å²) in [6.45, 7) is 4.51. The third kappa shape index (κ3) is 3.62. The Hall–Kier alpha value is -4.30. The van der Waals surface area contributed by atoms with Crippen LogP contribution >= 0.6 is 11.6 Å². The number of aliphatic imine (C=N–C) groups is 1. The molecule has 5 heterocycles. The van der Waals surface area contributed by atoms with Crippen LogP contribution in [0.4, 0.5) is 0 Å². The lowest BCUT2D eigenvalue weighted by atomic mass is 9.93. The molecule has 9 heteroatoms. The molecule has 3 atom stereocenters. The molecule has 4 aromatic rings. The van der Waals surface area contributed by atoms with Crippen LogP contribution in [0.2, 0.25) is 5.02 Å². The van der Waals surface area contributed by atoms with Gasteiger partial charge in [0.15, 0.2) is 0 Å². The fraction of sp³-hybridized carbons (Fsp3) is 0.233. The zero-order valence-corrected chi connectivity index (χ0v) is 21.7. The predicted octanol–water partition coefficient (Wildman–Crippen LogP) is 5.27. The van der Waals surface area contributed by atoms with Crippen molar-refractivity contribution >= 4 is 22.9 Å². The maximum absolute atomic E-state index is 13.6. The van der Waals surface area contributed by atoms with E-state index in [9.17, 15) is 4.79 Å². The van der Waals surface area contributed by atoms with Crippen LogP contribution in [0, 0.1) is 5.92 Å². The van der Waals surface area contributed by atoms with Crippen molar-refractivity contribution in [2.75, 3.05) is 0 Å². The van der Waals surface area contributed by atoms with E-state index in [0.717, 1.165) is 58.8 Å². The van der Waals surface area contributed by atoms with Crippen LogP contribution in [0.15, 0.2) is 83.2 Å². The van der Waals surface area contributed by atoms with Gasteiger partial charge in [-0.2, -0.15) is 4.68 Å². The molecule has 1 fully saturated rings. The highest BCUT2D eigenvalue weighted by Crippen LogP contribution is 2.60. The number of benzene rings is 2. The number of ether oxygens (including phenoxy) is 1. The number of rotatable bonds is 4. The van der Waals surface area contributed by atoms with Gasteiger partial charge in [-0.1, -0.05) is 30.3 Å². The lowest BCUT2D eigenvalue weighted by molar-refractivity contribution is 0.182. The average molecular weight is 535 g/mol. The topological polar surface area (TPSA) is 87.2 Å². The number of hydrogen-bond donors (Lipinski definition) is 0. The fourth-order valence-corrected chi connectivity index (χ4v) is 6.59. The molecule has 192 valence electrons. The Morgan fingerprint density at radius 3 is 2.82 bits per heavy atom. The van der Waals surface area contributed by atoms with Crippen LogP contribution in [0.25, 0.3) is 22.4 Å². The summed E-state index contributed by atoms with van der Waals surface area (Å²) in [4.78, 5) is 18.5. The lowest BCUT2D eigenvalue weighted by Crippen LogP contribution is -2.29. The first-order valence-corrected chi connectivity index (χ1v) is 13.4. The van der Waals surface area contributed by atoms with E-state index in [2.05, 4.69) is 46.4 Å². The maximum Gasteiger partial charge on any atom is 0.251 e. The zero-order chi connectivity index (χ0) is 26.2. The van der Waals surface area contributed by atoms with E-state index in [1.807, 2.05) is 22.9 Å². The predicted molar refractivity (Wildman–Crippen MR) is 148 cm³/mol. The second-order valence-corrected chi connectivity index (χ2v) is 11.1. The van der Waals surface area contributed by atoms with Crippen molar-refractivity contribution in [3.8, 4) is 16.8 Å². The van der Waals surface area contributed by atoms with Gasteiger partial charge in [-0.15, -0.1) is 5.10 Å². The van der Waals surface area contributed by atoms with Gasteiger partial charge in [-0.25, -0.2) is 0 Å². The minimum absolute atomic E-state index is 0.0112. The SMILES string of the molecule is C=C1Cc2ccc(C3=CN=C(C4C5CC5c5cc(-c6cc(Cl)ccc6-n6cnnn6)cc(=O)n54)C3)cc2CO1.